The monoisotopic (exact) mass is 201 g/mol. The number of hydrogen-bond donors (Lipinski definition) is 1. The Morgan fingerprint density at radius 1 is 1.27 bits per heavy atom. The van der Waals surface area contributed by atoms with Gasteiger partial charge in [-0.25, -0.2) is 9.59 Å². The van der Waals surface area contributed by atoms with Crippen molar-refractivity contribution in [1.29, 1.82) is 0 Å². The van der Waals surface area contributed by atoms with Crippen LogP contribution < -0.4 is 5.73 Å². The van der Waals surface area contributed by atoms with E-state index in [9.17, 15) is 9.59 Å². The Balaban J connectivity index is 3.56. The molecule has 74 valence electrons. The van der Waals surface area contributed by atoms with Crippen LogP contribution in [0.25, 0.3) is 6.08 Å². The van der Waals surface area contributed by atoms with Crippen molar-refractivity contribution < 1.29 is 9.59 Å². The smallest absolute Gasteiger partial charge is 0.240 e. The van der Waals surface area contributed by atoms with Crippen LogP contribution in [0, 0.1) is 0 Å². The number of nitrogen functional groups attached to an aromatic ring is 1. The molecule has 2 N–H and O–H groups in total. The third-order valence-electron chi connectivity index (χ3n) is 1.77. The summed E-state index contributed by atoms with van der Waals surface area (Å²) in [6.45, 7) is 3.54. The average Bonchev–Trinajstić information content (AvgIpc) is 2.24. The normalized spacial score (nSPS) is 8.53. The summed E-state index contributed by atoms with van der Waals surface area (Å²) >= 11 is 0. The molecule has 0 radical (unpaired) electrons. The Morgan fingerprint density at radius 2 is 1.93 bits per heavy atom. The number of nitrogens with two attached hydrogens (primary N) is 1. The van der Waals surface area contributed by atoms with Gasteiger partial charge in [0.05, 0.1) is 5.69 Å². The Bertz CT molecular complexity index is 496. The zero-order chi connectivity index (χ0) is 11.3. The summed E-state index contributed by atoms with van der Waals surface area (Å²) in [4.78, 5) is 27.0. The highest BCUT2D eigenvalue weighted by atomic mass is 16.1. The molecule has 0 aliphatic heterocycles. The van der Waals surface area contributed by atoms with Crippen molar-refractivity contribution in [2.45, 2.75) is 0 Å². The minimum Gasteiger partial charge on any atom is -0.396 e. The summed E-state index contributed by atoms with van der Waals surface area (Å²) in [7, 11) is 0. The first kappa shape index (κ1) is 10.6. The average molecular weight is 201 g/mol. The van der Waals surface area contributed by atoms with Crippen LogP contribution in [0.1, 0.15) is 5.56 Å². The quantitative estimate of drug-likeness (QED) is 0.460. The summed E-state index contributed by atoms with van der Waals surface area (Å²) in [5.74, 6) is 0. The van der Waals surface area contributed by atoms with Gasteiger partial charge in [0.1, 0.15) is 11.4 Å². The molecule has 0 fully saturated rings. The SMILES string of the molecule is C=Cc1ccc(N=C=O)c(N=C=O)c1N. The third kappa shape index (κ3) is 2.06. The maximum atomic E-state index is 10.2. The minimum absolute atomic E-state index is 0.103. The number of anilines is 1. The predicted molar refractivity (Wildman–Crippen MR) is 56.5 cm³/mol. The fourth-order valence-corrected chi connectivity index (χ4v) is 1.09. The molecule has 0 bridgehead atoms. The van der Waals surface area contributed by atoms with Crippen molar-refractivity contribution in [3.8, 4) is 0 Å². The molecule has 0 spiro atoms. The lowest BCUT2D eigenvalue weighted by Crippen LogP contribution is -1.90. The fourth-order valence-electron chi connectivity index (χ4n) is 1.09. The molecule has 5 nitrogen and oxygen atoms in total. The van der Waals surface area contributed by atoms with Crippen LogP contribution >= 0.6 is 0 Å². The molecule has 1 rings (SSSR count). The van der Waals surface area contributed by atoms with Crippen molar-refractivity contribution >= 4 is 35.3 Å². The molecule has 0 atom stereocenters. The van der Waals surface area contributed by atoms with E-state index in [0.29, 0.717) is 5.56 Å². The summed E-state index contributed by atoms with van der Waals surface area (Å²) in [5, 5.41) is 0. The molecule has 0 aliphatic rings. The minimum atomic E-state index is 0.103. The summed E-state index contributed by atoms with van der Waals surface area (Å²) in [6, 6.07) is 3.11. The molecule has 15 heavy (non-hydrogen) atoms. The molecule has 0 aromatic heterocycles. The van der Waals surface area contributed by atoms with Gasteiger partial charge < -0.3 is 5.73 Å². The zero-order valence-corrected chi connectivity index (χ0v) is 7.73. The van der Waals surface area contributed by atoms with Crippen LogP contribution in [-0.2, 0) is 9.59 Å². The number of rotatable bonds is 3. The van der Waals surface area contributed by atoms with Gasteiger partial charge in [-0.15, -0.1) is 0 Å². The van der Waals surface area contributed by atoms with E-state index in [-0.39, 0.29) is 17.1 Å². The van der Waals surface area contributed by atoms with Gasteiger partial charge in [-0.2, -0.15) is 9.98 Å². The summed E-state index contributed by atoms with van der Waals surface area (Å²) in [5.41, 5.74) is 6.79. The lowest BCUT2D eigenvalue weighted by Gasteiger charge is -2.04. The largest absolute Gasteiger partial charge is 0.396 e. The van der Waals surface area contributed by atoms with E-state index >= 15 is 0 Å². The van der Waals surface area contributed by atoms with Crippen molar-refractivity contribution in [3.63, 3.8) is 0 Å². The van der Waals surface area contributed by atoms with Crippen LogP contribution in [0.15, 0.2) is 28.7 Å². The molecular formula is C10H7N3O2. The highest BCUT2D eigenvalue weighted by Gasteiger charge is 2.08. The number of benzene rings is 1. The maximum Gasteiger partial charge on any atom is 0.240 e. The number of hydrogen-bond acceptors (Lipinski definition) is 5. The van der Waals surface area contributed by atoms with E-state index in [1.807, 2.05) is 0 Å². The lowest BCUT2D eigenvalue weighted by molar-refractivity contribution is 0.564. The number of aliphatic imine (C=N–C) groups is 2. The highest BCUT2D eigenvalue weighted by Crippen LogP contribution is 2.36. The number of nitrogens with zero attached hydrogens (tertiary/aromatic N) is 2. The Labute approximate surface area is 85.7 Å². The first-order valence-electron chi connectivity index (χ1n) is 3.95. The Hall–Kier alpha value is -2.48. The second-order valence-corrected chi connectivity index (χ2v) is 2.55. The van der Waals surface area contributed by atoms with Crippen molar-refractivity contribution in [3.05, 3.63) is 24.3 Å². The van der Waals surface area contributed by atoms with E-state index in [1.165, 1.54) is 24.3 Å². The van der Waals surface area contributed by atoms with Crippen LogP contribution in [0.4, 0.5) is 17.1 Å². The van der Waals surface area contributed by atoms with E-state index in [1.54, 1.807) is 6.07 Å². The molecule has 0 aliphatic carbocycles. The van der Waals surface area contributed by atoms with Crippen molar-refractivity contribution in [2.75, 3.05) is 5.73 Å². The summed E-state index contributed by atoms with van der Waals surface area (Å²) in [6.07, 6.45) is 4.20. The second-order valence-electron chi connectivity index (χ2n) is 2.55. The van der Waals surface area contributed by atoms with Gasteiger partial charge in [0, 0.05) is 0 Å². The molecular weight excluding hydrogens is 194 g/mol. The van der Waals surface area contributed by atoms with Gasteiger partial charge in [0.25, 0.3) is 0 Å². The number of carbonyl (C=O) groups excluding carboxylic acids is 2. The Morgan fingerprint density at radius 3 is 2.47 bits per heavy atom. The van der Waals surface area contributed by atoms with Crippen molar-refractivity contribution in [2.24, 2.45) is 9.98 Å². The van der Waals surface area contributed by atoms with E-state index in [0.717, 1.165) is 0 Å². The molecule has 0 saturated carbocycles. The number of isocyanates is 2. The van der Waals surface area contributed by atoms with E-state index < -0.39 is 0 Å². The van der Waals surface area contributed by atoms with Gasteiger partial charge in [-0.3, -0.25) is 0 Å². The second kappa shape index (κ2) is 4.67. The first-order chi connectivity index (χ1) is 7.24. The van der Waals surface area contributed by atoms with Gasteiger partial charge in [0.2, 0.25) is 12.2 Å². The lowest BCUT2D eigenvalue weighted by atomic mass is 10.1. The van der Waals surface area contributed by atoms with Gasteiger partial charge in [-0.05, 0) is 11.6 Å². The topological polar surface area (TPSA) is 84.9 Å². The van der Waals surface area contributed by atoms with Crippen LogP contribution in [0.5, 0.6) is 0 Å². The fraction of sp³-hybridized carbons (Fsp3) is 0. The first-order valence-corrected chi connectivity index (χ1v) is 3.95. The van der Waals surface area contributed by atoms with E-state index in [2.05, 4.69) is 16.6 Å². The maximum absolute atomic E-state index is 10.2. The summed E-state index contributed by atoms with van der Waals surface area (Å²) < 4.78 is 0. The highest BCUT2D eigenvalue weighted by molar-refractivity contribution is 5.85. The standard InChI is InChI=1S/C10H7N3O2/c1-2-7-3-4-8(12-5-14)10(9(7)11)13-6-15/h2-4H,1,11H2. The molecule has 0 unspecified atom stereocenters. The Kier molecular flexibility index (Phi) is 3.30. The zero-order valence-electron chi connectivity index (χ0n) is 7.73. The molecule has 1 aromatic rings. The van der Waals surface area contributed by atoms with E-state index in [4.69, 9.17) is 5.73 Å². The van der Waals surface area contributed by atoms with Crippen LogP contribution in [-0.4, -0.2) is 12.2 Å². The van der Waals surface area contributed by atoms with Crippen LogP contribution in [0.3, 0.4) is 0 Å². The molecule has 0 heterocycles. The molecule has 0 amide bonds. The third-order valence-corrected chi connectivity index (χ3v) is 1.77. The van der Waals surface area contributed by atoms with Crippen LogP contribution in [0.2, 0.25) is 0 Å². The molecule has 1 aromatic carbocycles. The predicted octanol–water partition coefficient (Wildman–Crippen LogP) is 1.85. The molecule has 0 saturated heterocycles. The van der Waals surface area contributed by atoms with Gasteiger partial charge in [0.15, 0.2) is 0 Å². The van der Waals surface area contributed by atoms with Gasteiger partial charge in [-0.1, -0.05) is 18.7 Å². The molecule has 5 heteroatoms. The van der Waals surface area contributed by atoms with Crippen molar-refractivity contribution in [1.82, 2.24) is 0 Å². The van der Waals surface area contributed by atoms with Gasteiger partial charge >= 0.3 is 0 Å².